The second kappa shape index (κ2) is 9.54. The molecule has 6 rings (SSSR count). The van der Waals surface area contributed by atoms with Gasteiger partial charge in [-0.25, -0.2) is 0 Å². The van der Waals surface area contributed by atoms with E-state index in [2.05, 4.69) is 26.4 Å². The molecule has 0 unspecified atom stereocenters. The quantitative estimate of drug-likeness (QED) is 0.437. The van der Waals surface area contributed by atoms with Gasteiger partial charge in [0.15, 0.2) is 5.82 Å². The third-order valence-electron chi connectivity index (χ3n) is 9.12. The predicted octanol–water partition coefficient (Wildman–Crippen LogP) is 4.74. The first-order chi connectivity index (χ1) is 19.4. The number of carbonyl (C=O) groups is 2. The van der Waals surface area contributed by atoms with Crippen LogP contribution in [0.4, 0.5) is 14.6 Å². The maximum atomic E-state index is 13.3. The number of hydrogen-bond donors (Lipinski definition) is 1. The highest BCUT2D eigenvalue weighted by molar-refractivity contribution is 6.36. The molecule has 2 aromatic heterocycles. The highest BCUT2D eigenvalue weighted by atomic mass is 35.5. The van der Waals surface area contributed by atoms with Gasteiger partial charge >= 0.3 is 6.43 Å². The van der Waals surface area contributed by atoms with Gasteiger partial charge in [-0.1, -0.05) is 18.2 Å². The third-order valence-corrected chi connectivity index (χ3v) is 9.61. The molecule has 2 amide bonds. The number of aromatic amines is 1. The van der Waals surface area contributed by atoms with Gasteiger partial charge in [-0.15, -0.1) is 0 Å². The number of H-pyrrole nitrogens is 1. The molecule has 1 N–H and O–H groups in total. The lowest BCUT2D eigenvalue weighted by Gasteiger charge is -2.58. The number of nitrogens with one attached hydrogen (secondary N) is 1. The molecule has 0 bridgehead atoms. The van der Waals surface area contributed by atoms with Gasteiger partial charge in [0.05, 0.1) is 28.3 Å². The van der Waals surface area contributed by atoms with Crippen LogP contribution in [0.3, 0.4) is 0 Å². The number of hydrogen-bond acceptors (Lipinski definition) is 5. The van der Waals surface area contributed by atoms with Gasteiger partial charge in [-0.2, -0.15) is 19.0 Å². The van der Waals surface area contributed by atoms with Crippen molar-refractivity contribution in [3.63, 3.8) is 0 Å². The Morgan fingerprint density at radius 1 is 1.15 bits per heavy atom. The summed E-state index contributed by atoms with van der Waals surface area (Å²) in [6.07, 6.45) is 1.89. The summed E-state index contributed by atoms with van der Waals surface area (Å²) in [5.41, 5.74) is 3.84. The lowest BCUT2D eigenvalue weighted by atomic mass is 9.60. The van der Waals surface area contributed by atoms with E-state index in [9.17, 15) is 18.4 Å². The Balaban J connectivity index is 1.41. The topological polar surface area (TPSA) is 90.4 Å². The Morgan fingerprint density at radius 3 is 2.49 bits per heavy atom. The molecule has 41 heavy (non-hydrogen) atoms. The first-order valence-electron chi connectivity index (χ1n) is 13.8. The maximum Gasteiger partial charge on any atom is 0.315 e. The van der Waals surface area contributed by atoms with Crippen molar-refractivity contribution in [3.8, 4) is 11.1 Å². The van der Waals surface area contributed by atoms with E-state index in [0.717, 1.165) is 59.2 Å². The molecular formula is C29H34ClF2N7O2. The Hall–Kier alpha value is -3.47. The minimum Gasteiger partial charge on any atom is -0.346 e. The normalized spacial score (nSPS) is 20.0. The molecule has 0 radical (unpaired) electrons. The van der Waals surface area contributed by atoms with E-state index in [-0.39, 0.29) is 30.5 Å². The largest absolute Gasteiger partial charge is 0.346 e. The van der Waals surface area contributed by atoms with E-state index in [1.54, 1.807) is 6.20 Å². The molecule has 1 aromatic carbocycles. The van der Waals surface area contributed by atoms with E-state index < -0.39 is 17.9 Å². The zero-order valence-corrected chi connectivity index (χ0v) is 24.4. The van der Waals surface area contributed by atoms with Crippen LogP contribution in [-0.2, 0) is 9.59 Å². The molecule has 3 aliphatic rings. The Kier molecular flexibility index (Phi) is 6.44. The molecule has 12 heteroatoms. The monoisotopic (exact) mass is 585 g/mol. The molecule has 9 nitrogen and oxygen atoms in total. The summed E-state index contributed by atoms with van der Waals surface area (Å²) in [6, 6.07) is 2.12. The first kappa shape index (κ1) is 27.7. The second-order valence-electron chi connectivity index (χ2n) is 12.4. The summed E-state index contributed by atoms with van der Waals surface area (Å²) < 4.78 is 28.6. The standard InChI is InChI=1S/C29H34ClF2N7O2/c1-6-21(40)37-14-29(15-37)10-18(11-29)39-17(3)22(23-19-12-33-34-20(19)9-16(2)24(23)30)26(35-39)38-8-7-36(13-28(38,4)5)27(41)25(31)32/h6,9,12,18,25H,1,7-8,10-11,13-15H2,2-5H3,(H,33,34). The fourth-order valence-corrected chi connectivity index (χ4v) is 7.33. The van der Waals surface area contributed by atoms with Crippen molar-refractivity contribution in [1.82, 2.24) is 29.8 Å². The zero-order chi connectivity index (χ0) is 29.4. The van der Waals surface area contributed by atoms with Crippen molar-refractivity contribution in [2.45, 2.75) is 58.5 Å². The van der Waals surface area contributed by atoms with Crippen molar-refractivity contribution >= 4 is 40.1 Å². The van der Waals surface area contributed by atoms with Gasteiger partial charge in [-0.05, 0) is 58.2 Å². The zero-order valence-electron chi connectivity index (χ0n) is 23.7. The van der Waals surface area contributed by atoms with Crippen LogP contribution in [0, 0.1) is 19.3 Å². The number of rotatable bonds is 5. The van der Waals surface area contributed by atoms with Gasteiger partial charge in [0.2, 0.25) is 5.91 Å². The van der Waals surface area contributed by atoms with Crippen LogP contribution in [-0.4, -0.2) is 86.3 Å². The molecule has 2 aliphatic heterocycles. The fraction of sp³-hybridized carbons (Fsp3) is 0.517. The fourth-order valence-electron chi connectivity index (χ4n) is 7.08. The SMILES string of the molecule is C=CC(=O)N1CC2(CC(n3nc(N4CCN(C(=O)C(F)F)CC4(C)C)c(-c4c(Cl)c(C)cc5[nH]ncc45)c3C)C2)C1. The number of aromatic nitrogens is 4. The minimum atomic E-state index is -3.04. The number of anilines is 1. The summed E-state index contributed by atoms with van der Waals surface area (Å²) >= 11 is 7.01. The van der Waals surface area contributed by atoms with Crippen LogP contribution in [0.15, 0.2) is 24.9 Å². The molecule has 0 atom stereocenters. The summed E-state index contributed by atoms with van der Waals surface area (Å²) in [7, 11) is 0. The Labute approximate surface area is 242 Å². The van der Waals surface area contributed by atoms with Crippen LogP contribution >= 0.6 is 11.6 Å². The van der Waals surface area contributed by atoms with Crippen LogP contribution in [0.2, 0.25) is 5.02 Å². The first-order valence-corrected chi connectivity index (χ1v) is 14.2. The van der Waals surface area contributed by atoms with Crippen molar-refractivity contribution in [2.75, 3.05) is 37.6 Å². The van der Waals surface area contributed by atoms with E-state index in [1.165, 1.54) is 11.0 Å². The third kappa shape index (κ3) is 4.31. The molecule has 3 aromatic rings. The van der Waals surface area contributed by atoms with E-state index >= 15 is 0 Å². The number of nitrogens with zero attached hydrogens (tertiary/aromatic N) is 6. The molecule has 3 fully saturated rings. The summed E-state index contributed by atoms with van der Waals surface area (Å²) in [5, 5.41) is 14.0. The Morgan fingerprint density at radius 2 is 1.85 bits per heavy atom. The van der Waals surface area contributed by atoms with Crippen LogP contribution in [0.5, 0.6) is 0 Å². The highest BCUT2D eigenvalue weighted by Crippen LogP contribution is 2.55. The minimum absolute atomic E-state index is 0.0381. The molecular weight excluding hydrogens is 552 g/mol. The number of aryl methyl sites for hydroxylation is 1. The average molecular weight is 586 g/mol. The molecule has 2 saturated heterocycles. The second-order valence-corrected chi connectivity index (χ2v) is 12.8. The van der Waals surface area contributed by atoms with E-state index in [0.29, 0.717) is 17.4 Å². The van der Waals surface area contributed by atoms with Gasteiger partial charge in [0.1, 0.15) is 0 Å². The molecule has 218 valence electrons. The number of amides is 2. The molecule has 1 saturated carbocycles. The Bertz CT molecular complexity index is 1560. The number of alkyl halides is 2. The smallest absolute Gasteiger partial charge is 0.315 e. The highest BCUT2D eigenvalue weighted by Gasteiger charge is 2.54. The number of halogens is 3. The number of piperazine rings is 1. The van der Waals surface area contributed by atoms with Crippen molar-refractivity contribution in [3.05, 3.63) is 41.2 Å². The van der Waals surface area contributed by atoms with E-state index in [1.807, 2.05) is 38.7 Å². The maximum absolute atomic E-state index is 13.3. The van der Waals surface area contributed by atoms with Crippen molar-refractivity contribution in [2.24, 2.45) is 5.41 Å². The predicted molar refractivity (Wildman–Crippen MR) is 153 cm³/mol. The van der Waals surface area contributed by atoms with Gasteiger partial charge in [-0.3, -0.25) is 19.4 Å². The lowest BCUT2D eigenvalue weighted by Crippen LogP contribution is -2.63. The van der Waals surface area contributed by atoms with Crippen molar-refractivity contribution < 1.29 is 18.4 Å². The van der Waals surface area contributed by atoms with Crippen LogP contribution in [0.25, 0.3) is 22.0 Å². The molecule has 4 heterocycles. The van der Waals surface area contributed by atoms with Crippen molar-refractivity contribution in [1.29, 1.82) is 0 Å². The summed E-state index contributed by atoms with van der Waals surface area (Å²) in [4.78, 5) is 29.4. The number of fused-ring (bicyclic) bond motifs is 1. The summed E-state index contributed by atoms with van der Waals surface area (Å²) in [6.45, 7) is 13.6. The lowest BCUT2D eigenvalue weighted by molar-refractivity contribution is -0.149. The molecule has 1 spiro atoms. The van der Waals surface area contributed by atoms with Gasteiger partial charge in [0.25, 0.3) is 5.91 Å². The van der Waals surface area contributed by atoms with E-state index in [4.69, 9.17) is 16.7 Å². The number of benzene rings is 1. The van der Waals surface area contributed by atoms with Crippen LogP contribution in [0.1, 0.15) is 44.0 Å². The number of carbonyl (C=O) groups excluding carboxylic acids is 2. The average Bonchev–Trinajstić information content (AvgIpc) is 3.46. The summed E-state index contributed by atoms with van der Waals surface area (Å²) in [5.74, 6) is -0.473. The van der Waals surface area contributed by atoms with Gasteiger partial charge < -0.3 is 14.7 Å². The molecule has 1 aliphatic carbocycles. The van der Waals surface area contributed by atoms with Gasteiger partial charge in [0, 0.05) is 60.3 Å². The van der Waals surface area contributed by atoms with Crippen LogP contribution < -0.4 is 4.90 Å². The number of likely N-dealkylation sites (tertiary alicyclic amines) is 1.